The van der Waals surface area contributed by atoms with E-state index in [1.807, 2.05) is 0 Å². The number of para-hydroxylation sites is 3. The van der Waals surface area contributed by atoms with Crippen molar-refractivity contribution in [3.63, 3.8) is 0 Å². The first-order valence-electron chi connectivity index (χ1n) is 37.7. The van der Waals surface area contributed by atoms with Gasteiger partial charge in [0, 0.05) is 68.5 Å². The van der Waals surface area contributed by atoms with Gasteiger partial charge in [-0.2, -0.15) is 0 Å². The second-order valence-electron chi connectivity index (χ2n) is 27.6. The van der Waals surface area contributed by atoms with Gasteiger partial charge >= 0.3 is 0 Å². The van der Waals surface area contributed by atoms with Gasteiger partial charge in [-0.15, -0.1) is 34.0 Å². The molecule has 0 spiro atoms. The Hall–Kier alpha value is -7.17. The number of fused-ring (bicyclic) bond motifs is 15. The minimum atomic E-state index is 0.972. The van der Waals surface area contributed by atoms with E-state index in [1.54, 1.807) is 34.0 Å². The van der Waals surface area contributed by atoms with Crippen molar-refractivity contribution in [2.24, 2.45) is 0 Å². The van der Waals surface area contributed by atoms with Gasteiger partial charge in [0.25, 0.3) is 0 Å². The van der Waals surface area contributed by atoms with E-state index in [0.717, 1.165) is 70.5 Å². The summed E-state index contributed by atoms with van der Waals surface area (Å²) < 4.78 is 12.1. The van der Waals surface area contributed by atoms with Crippen molar-refractivity contribution < 1.29 is 0 Å². The Bertz CT molecular complexity index is 4170. The molecule has 0 bridgehead atoms. The number of nitrogens with zero attached hydrogens (tertiary/aromatic N) is 6. The van der Waals surface area contributed by atoms with Crippen molar-refractivity contribution in [3.05, 3.63) is 159 Å². The second kappa shape index (κ2) is 33.9. The van der Waals surface area contributed by atoms with Crippen molar-refractivity contribution in [1.29, 1.82) is 0 Å². The maximum Gasteiger partial charge on any atom is 0.117 e. The van der Waals surface area contributed by atoms with Crippen LogP contribution in [0.25, 0.3) is 133 Å². The molecule has 0 saturated carbocycles. The molecule has 13 rings (SSSR count). The third kappa shape index (κ3) is 16.0. The lowest BCUT2D eigenvalue weighted by Crippen LogP contribution is -2.02. The van der Waals surface area contributed by atoms with Crippen LogP contribution in [0.4, 0.5) is 0 Å². The van der Waals surface area contributed by atoms with Gasteiger partial charge in [0.05, 0.1) is 47.2 Å². The summed E-state index contributed by atoms with van der Waals surface area (Å²) in [5, 5.41) is 11.4. The minimum absolute atomic E-state index is 0.972. The van der Waals surface area contributed by atoms with Crippen LogP contribution in [0.3, 0.4) is 0 Å². The van der Waals surface area contributed by atoms with Crippen LogP contribution in [0.1, 0.15) is 245 Å². The molecule has 0 unspecified atom stereocenters. The summed E-state index contributed by atoms with van der Waals surface area (Å²) in [4.78, 5) is 15.2. The van der Waals surface area contributed by atoms with Crippen LogP contribution in [-0.2, 0) is 19.6 Å². The Morgan fingerprint density at radius 2 is 0.531 bits per heavy atom. The molecular formula is C87H102N6S3. The fourth-order valence-corrected chi connectivity index (χ4v) is 17.9. The van der Waals surface area contributed by atoms with Gasteiger partial charge in [0.15, 0.2) is 0 Å². The van der Waals surface area contributed by atoms with Crippen LogP contribution in [0.5, 0.6) is 0 Å². The SMILES string of the molecule is CCCCCCCCCCCCn1c2ccc(/C=C/c3nc4ccccc4s3)cc2c2c1c1c3cc(/C=C/c4nc5ccccc5s4)ccc3n(CCCCCCCCCCCC)c1c1c3cc(/C=C/c4nc5ccccc5s4)ccc3n(CCCCCCCCCCCC)c21. The average molecular weight is 1330 g/mol. The van der Waals surface area contributed by atoms with Gasteiger partial charge in [-0.05, 0) is 127 Å². The second-order valence-corrected chi connectivity index (χ2v) is 30.7. The highest BCUT2D eigenvalue weighted by Gasteiger charge is 2.28. The molecule has 0 amide bonds. The lowest BCUT2D eigenvalue weighted by Gasteiger charge is -2.13. The van der Waals surface area contributed by atoms with Crippen LogP contribution in [0.2, 0.25) is 0 Å². The van der Waals surface area contributed by atoms with Crippen LogP contribution in [-0.4, -0.2) is 28.7 Å². The molecule has 0 aliphatic heterocycles. The van der Waals surface area contributed by atoms with Crippen molar-refractivity contribution in [1.82, 2.24) is 28.7 Å². The Labute approximate surface area is 583 Å². The molecule has 6 heterocycles. The van der Waals surface area contributed by atoms with E-state index in [9.17, 15) is 0 Å². The summed E-state index contributed by atoms with van der Waals surface area (Å²) in [6, 6.07) is 47.9. The van der Waals surface area contributed by atoms with Gasteiger partial charge in [-0.3, -0.25) is 0 Å². The first-order valence-corrected chi connectivity index (χ1v) is 40.1. The van der Waals surface area contributed by atoms with E-state index in [0.29, 0.717) is 0 Å². The van der Waals surface area contributed by atoms with Gasteiger partial charge in [0.2, 0.25) is 0 Å². The molecule has 7 aromatic carbocycles. The molecular weight excluding hydrogens is 1230 g/mol. The Balaban J connectivity index is 1.01. The number of hydrogen-bond donors (Lipinski definition) is 0. The number of hydrogen-bond acceptors (Lipinski definition) is 6. The lowest BCUT2D eigenvalue weighted by molar-refractivity contribution is 0.541. The topological polar surface area (TPSA) is 53.5 Å². The van der Waals surface area contributed by atoms with Crippen molar-refractivity contribution in [3.8, 4) is 0 Å². The van der Waals surface area contributed by atoms with Gasteiger partial charge in [-0.25, -0.2) is 15.0 Å². The third-order valence-electron chi connectivity index (χ3n) is 20.4. The van der Waals surface area contributed by atoms with Gasteiger partial charge in [0.1, 0.15) is 15.0 Å². The molecule has 0 fully saturated rings. The number of rotatable bonds is 39. The fourth-order valence-electron chi connectivity index (χ4n) is 15.3. The highest BCUT2D eigenvalue weighted by molar-refractivity contribution is 7.20. The number of thiazole rings is 3. The molecule has 498 valence electrons. The van der Waals surface area contributed by atoms with Crippen LogP contribution in [0.15, 0.2) is 127 Å². The average Bonchev–Trinajstić information content (AvgIpc) is 1.51. The molecule has 6 aromatic heterocycles. The molecule has 0 N–H and O–H groups in total. The van der Waals surface area contributed by atoms with Crippen molar-refractivity contribution >= 4 is 167 Å². The largest absolute Gasteiger partial charge is 0.340 e. The molecule has 96 heavy (non-hydrogen) atoms. The Kier molecular flexibility index (Phi) is 23.8. The summed E-state index contributed by atoms with van der Waals surface area (Å²) >= 11 is 5.32. The maximum atomic E-state index is 5.08. The molecule has 6 nitrogen and oxygen atoms in total. The number of aromatic nitrogens is 6. The smallest absolute Gasteiger partial charge is 0.117 e. The van der Waals surface area contributed by atoms with Crippen molar-refractivity contribution in [2.75, 3.05) is 0 Å². The highest BCUT2D eigenvalue weighted by Crippen LogP contribution is 2.49. The Morgan fingerprint density at radius 1 is 0.281 bits per heavy atom. The molecule has 9 heteroatoms. The highest BCUT2D eigenvalue weighted by atomic mass is 32.1. The summed E-state index contributed by atoms with van der Waals surface area (Å²) in [6.45, 7) is 9.89. The normalized spacial score (nSPS) is 12.5. The van der Waals surface area contributed by atoms with E-state index in [4.69, 9.17) is 15.0 Å². The lowest BCUT2D eigenvalue weighted by atomic mass is 10.00. The standard InChI is InChI=1S/C87H102N6S3/c1-4-7-10-13-16-19-22-25-28-37-58-91-73-52-46-64(49-55-79-88-70-40-31-34-43-76(70)94-79)61-67(73)82-85(91)83-68-62-65(50-56-80-89-71-41-32-35-44-77(71)95-80)47-53-74(68)92(59-38-29-26-23-20-17-14-11-8-5-2)87(83)84-69-63-66(51-57-81-90-72-42-33-36-45-78(72)96-81)48-54-75(69)93(86(82)84)60-39-30-27-24-21-18-15-12-9-6-3/h31-36,40-57,61-63H,4-30,37-39,58-60H2,1-3H3/b55-49+,56-50+,57-51+. The zero-order valence-electron chi connectivity index (χ0n) is 57.8. The first-order chi connectivity index (χ1) is 47.5. The predicted octanol–water partition coefficient (Wildman–Crippen LogP) is 28.1. The molecule has 0 atom stereocenters. The monoisotopic (exact) mass is 1330 g/mol. The van der Waals surface area contributed by atoms with E-state index in [1.165, 1.54) is 270 Å². The molecule has 0 radical (unpaired) electrons. The van der Waals surface area contributed by atoms with E-state index in [2.05, 4.69) is 198 Å². The summed E-state index contributed by atoms with van der Waals surface area (Å²) in [6.07, 6.45) is 53.1. The van der Waals surface area contributed by atoms with Crippen LogP contribution >= 0.6 is 34.0 Å². The molecule has 13 aromatic rings. The fraction of sp³-hybridized carbons (Fsp3) is 0.414. The van der Waals surface area contributed by atoms with Crippen molar-refractivity contribution in [2.45, 2.75) is 233 Å². The van der Waals surface area contributed by atoms with Gasteiger partial charge in [-0.1, -0.05) is 267 Å². The summed E-state index contributed by atoms with van der Waals surface area (Å²) in [5.74, 6) is 0. The van der Waals surface area contributed by atoms with E-state index in [-0.39, 0.29) is 0 Å². The van der Waals surface area contributed by atoms with E-state index < -0.39 is 0 Å². The minimum Gasteiger partial charge on any atom is -0.340 e. The number of aryl methyl sites for hydroxylation is 3. The molecule has 0 aliphatic rings. The molecule has 0 aliphatic carbocycles. The maximum absolute atomic E-state index is 5.08. The predicted molar refractivity (Wildman–Crippen MR) is 427 cm³/mol. The van der Waals surface area contributed by atoms with E-state index >= 15 is 0 Å². The first kappa shape index (κ1) is 67.4. The van der Waals surface area contributed by atoms with Gasteiger partial charge < -0.3 is 13.7 Å². The third-order valence-corrected chi connectivity index (χ3v) is 23.4. The Morgan fingerprint density at radius 3 is 0.792 bits per heavy atom. The number of unbranched alkanes of at least 4 members (excludes halogenated alkanes) is 27. The summed E-state index contributed by atoms with van der Waals surface area (Å²) in [5.41, 5.74) is 15.0. The van der Waals surface area contributed by atoms with Crippen LogP contribution in [0, 0.1) is 0 Å². The van der Waals surface area contributed by atoms with Crippen LogP contribution < -0.4 is 0 Å². The zero-order chi connectivity index (χ0) is 65.3. The quantitative estimate of drug-likeness (QED) is 0.0361. The number of benzene rings is 7. The summed E-state index contributed by atoms with van der Waals surface area (Å²) in [7, 11) is 0. The zero-order valence-corrected chi connectivity index (χ0v) is 60.3. The molecule has 0 saturated heterocycles.